The molecule has 3 aromatic rings. The van der Waals surface area contributed by atoms with E-state index < -0.39 is 5.97 Å². The van der Waals surface area contributed by atoms with E-state index in [1.807, 2.05) is 87.5 Å². The van der Waals surface area contributed by atoms with Crippen molar-refractivity contribution in [3.05, 3.63) is 107 Å². The van der Waals surface area contributed by atoms with Crippen molar-refractivity contribution in [3.8, 4) is 11.5 Å². The van der Waals surface area contributed by atoms with Crippen molar-refractivity contribution >= 4 is 5.97 Å². The summed E-state index contributed by atoms with van der Waals surface area (Å²) in [6.07, 6.45) is 1.92. The van der Waals surface area contributed by atoms with Gasteiger partial charge in [-0.1, -0.05) is 66.7 Å². The smallest absolute Gasteiger partial charge is 0.342 e. The number of esters is 1. The van der Waals surface area contributed by atoms with Crippen LogP contribution in [-0.4, -0.2) is 12.6 Å². The van der Waals surface area contributed by atoms with Gasteiger partial charge in [-0.2, -0.15) is 0 Å². The van der Waals surface area contributed by atoms with Crippen LogP contribution in [0.2, 0.25) is 0 Å². The summed E-state index contributed by atoms with van der Waals surface area (Å²) in [6.45, 7) is 6.78. The molecule has 0 aliphatic rings. The van der Waals surface area contributed by atoms with Gasteiger partial charge in [-0.05, 0) is 49.1 Å². The number of rotatable bonds is 9. The van der Waals surface area contributed by atoms with Gasteiger partial charge in [-0.25, -0.2) is 4.79 Å². The first-order chi connectivity index (χ1) is 15.1. The largest absolute Gasteiger partial charge is 0.488 e. The lowest BCUT2D eigenvalue weighted by molar-refractivity contribution is 0.0534. The summed E-state index contributed by atoms with van der Waals surface area (Å²) < 4.78 is 17.5. The summed E-state index contributed by atoms with van der Waals surface area (Å²) in [5.74, 6) is 0.704. The third-order valence-electron chi connectivity index (χ3n) is 4.90. The molecule has 0 saturated carbocycles. The van der Waals surface area contributed by atoms with Gasteiger partial charge >= 0.3 is 5.97 Å². The lowest BCUT2D eigenvalue weighted by Gasteiger charge is -2.16. The van der Waals surface area contributed by atoms with Crippen molar-refractivity contribution in [1.29, 1.82) is 0 Å². The Kier molecular flexibility index (Phi) is 7.88. The maximum absolute atomic E-state index is 12.8. The Morgan fingerprint density at radius 3 is 1.94 bits per heavy atom. The number of aryl methyl sites for hydroxylation is 1. The molecule has 160 valence electrons. The van der Waals surface area contributed by atoms with Crippen molar-refractivity contribution in [2.24, 2.45) is 0 Å². The molecule has 0 atom stereocenters. The van der Waals surface area contributed by atoms with Crippen LogP contribution in [0.25, 0.3) is 0 Å². The Hall–Kier alpha value is -3.53. The van der Waals surface area contributed by atoms with E-state index in [0.717, 1.165) is 22.3 Å². The molecule has 0 amide bonds. The normalized spacial score (nSPS) is 11.1. The molecular formula is C27H28O4. The molecule has 0 aromatic heterocycles. The first kappa shape index (κ1) is 22.2. The van der Waals surface area contributed by atoms with E-state index in [0.29, 0.717) is 30.3 Å². The van der Waals surface area contributed by atoms with Crippen LogP contribution in [0.3, 0.4) is 0 Å². The SMILES string of the molecule is CC=C(C)COC(=O)c1cc(C)c(OCc2ccccc2)cc1OCc1ccccc1. The highest BCUT2D eigenvalue weighted by atomic mass is 16.5. The van der Waals surface area contributed by atoms with E-state index in [4.69, 9.17) is 14.2 Å². The molecule has 0 fully saturated rings. The highest BCUT2D eigenvalue weighted by Crippen LogP contribution is 2.31. The average Bonchev–Trinajstić information content (AvgIpc) is 2.81. The van der Waals surface area contributed by atoms with Gasteiger partial charge < -0.3 is 14.2 Å². The van der Waals surface area contributed by atoms with E-state index in [9.17, 15) is 4.79 Å². The Morgan fingerprint density at radius 1 is 0.839 bits per heavy atom. The van der Waals surface area contributed by atoms with Gasteiger partial charge in [-0.15, -0.1) is 0 Å². The zero-order valence-electron chi connectivity index (χ0n) is 18.3. The molecule has 0 heterocycles. The highest BCUT2D eigenvalue weighted by molar-refractivity contribution is 5.93. The van der Waals surface area contributed by atoms with E-state index in [1.54, 1.807) is 12.1 Å². The second kappa shape index (κ2) is 11.0. The van der Waals surface area contributed by atoms with Crippen molar-refractivity contribution in [3.63, 3.8) is 0 Å². The predicted octanol–water partition coefficient (Wildman–Crippen LogP) is 6.28. The number of hydrogen-bond acceptors (Lipinski definition) is 4. The minimum atomic E-state index is -0.415. The molecule has 0 radical (unpaired) electrons. The number of ether oxygens (including phenoxy) is 3. The third kappa shape index (κ3) is 6.48. The fourth-order valence-corrected chi connectivity index (χ4v) is 2.91. The van der Waals surface area contributed by atoms with Gasteiger partial charge in [-0.3, -0.25) is 0 Å². The van der Waals surface area contributed by atoms with Crippen molar-refractivity contribution in [2.45, 2.75) is 34.0 Å². The zero-order valence-corrected chi connectivity index (χ0v) is 18.3. The van der Waals surface area contributed by atoms with Gasteiger partial charge in [0.15, 0.2) is 0 Å². The van der Waals surface area contributed by atoms with Crippen molar-refractivity contribution in [1.82, 2.24) is 0 Å². The van der Waals surface area contributed by atoms with Crippen LogP contribution in [-0.2, 0) is 18.0 Å². The van der Waals surface area contributed by atoms with Crippen LogP contribution >= 0.6 is 0 Å². The maximum atomic E-state index is 12.8. The predicted molar refractivity (Wildman–Crippen MR) is 122 cm³/mol. The maximum Gasteiger partial charge on any atom is 0.342 e. The van der Waals surface area contributed by atoms with Gasteiger partial charge in [0.25, 0.3) is 0 Å². The zero-order chi connectivity index (χ0) is 22.1. The molecular weight excluding hydrogens is 388 g/mol. The molecule has 4 nitrogen and oxygen atoms in total. The molecule has 3 aromatic carbocycles. The molecule has 0 aliphatic carbocycles. The fourth-order valence-electron chi connectivity index (χ4n) is 2.91. The topological polar surface area (TPSA) is 44.8 Å². The Bertz CT molecular complexity index is 1020. The minimum Gasteiger partial charge on any atom is -0.488 e. The number of benzene rings is 3. The average molecular weight is 417 g/mol. The summed E-state index contributed by atoms with van der Waals surface area (Å²) in [6, 6.07) is 23.3. The Balaban J connectivity index is 1.83. The second-order valence-corrected chi connectivity index (χ2v) is 7.37. The molecule has 0 aliphatic heterocycles. The second-order valence-electron chi connectivity index (χ2n) is 7.37. The molecule has 0 unspecified atom stereocenters. The van der Waals surface area contributed by atoms with E-state index in [1.165, 1.54) is 0 Å². The van der Waals surface area contributed by atoms with Gasteiger partial charge in [0.05, 0.1) is 0 Å². The molecule has 4 heteroatoms. The number of hydrogen-bond donors (Lipinski definition) is 0. The first-order valence-electron chi connectivity index (χ1n) is 10.3. The lowest BCUT2D eigenvalue weighted by atomic mass is 10.1. The lowest BCUT2D eigenvalue weighted by Crippen LogP contribution is -2.11. The summed E-state index contributed by atoms with van der Waals surface area (Å²) in [5.41, 5.74) is 4.31. The summed E-state index contributed by atoms with van der Waals surface area (Å²) in [5, 5.41) is 0. The highest BCUT2D eigenvalue weighted by Gasteiger charge is 2.18. The summed E-state index contributed by atoms with van der Waals surface area (Å²) >= 11 is 0. The summed E-state index contributed by atoms with van der Waals surface area (Å²) in [4.78, 5) is 12.8. The van der Waals surface area contributed by atoms with Gasteiger partial charge in [0.2, 0.25) is 0 Å². The van der Waals surface area contributed by atoms with Crippen LogP contribution < -0.4 is 9.47 Å². The molecule has 0 N–H and O–H groups in total. The molecule has 0 spiro atoms. The van der Waals surface area contributed by atoms with Crippen LogP contribution in [0.4, 0.5) is 0 Å². The quantitative estimate of drug-likeness (QED) is 0.304. The molecule has 31 heavy (non-hydrogen) atoms. The van der Waals surface area contributed by atoms with Crippen molar-refractivity contribution in [2.75, 3.05) is 6.61 Å². The molecule has 3 rings (SSSR count). The number of carbonyl (C=O) groups excluding carboxylic acids is 1. The standard InChI is InChI=1S/C27H28O4/c1-4-20(2)17-31-27(28)24-15-21(3)25(29-18-22-11-7-5-8-12-22)16-26(24)30-19-23-13-9-6-10-14-23/h4-16H,17-19H2,1-3H3. The number of allylic oxidation sites excluding steroid dienone is 1. The van der Waals surface area contributed by atoms with Crippen LogP contribution in [0.1, 0.15) is 40.9 Å². The first-order valence-corrected chi connectivity index (χ1v) is 10.3. The minimum absolute atomic E-state index is 0.249. The van der Waals surface area contributed by atoms with Crippen LogP contribution in [0, 0.1) is 6.92 Å². The summed E-state index contributed by atoms with van der Waals surface area (Å²) in [7, 11) is 0. The Labute approximate surface area is 184 Å². The molecule has 0 bridgehead atoms. The van der Waals surface area contributed by atoms with Crippen LogP contribution in [0.5, 0.6) is 11.5 Å². The fraction of sp³-hybridized carbons (Fsp3) is 0.222. The van der Waals surface area contributed by atoms with E-state index in [2.05, 4.69) is 0 Å². The monoisotopic (exact) mass is 416 g/mol. The van der Waals surface area contributed by atoms with Crippen molar-refractivity contribution < 1.29 is 19.0 Å². The third-order valence-corrected chi connectivity index (χ3v) is 4.90. The van der Waals surface area contributed by atoms with Gasteiger partial charge in [0.1, 0.15) is 36.9 Å². The van der Waals surface area contributed by atoms with Gasteiger partial charge in [0, 0.05) is 6.07 Å². The van der Waals surface area contributed by atoms with E-state index >= 15 is 0 Å². The van der Waals surface area contributed by atoms with E-state index in [-0.39, 0.29) is 6.61 Å². The molecule has 0 saturated heterocycles. The number of carbonyl (C=O) groups is 1. The Morgan fingerprint density at radius 2 is 1.39 bits per heavy atom. The van der Waals surface area contributed by atoms with Crippen LogP contribution in [0.15, 0.2) is 84.4 Å².